The van der Waals surface area contributed by atoms with Crippen molar-refractivity contribution >= 4 is 52.5 Å². The van der Waals surface area contributed by atoms with E-state index in [1.54, 1.807) is 67.6 Å². The highest BCUT2D eigenvalue weighted by molar-refractivity contribution is 8.00. The molecule has 0 fully saturated rings. The molecule has 0 atom stereocenters. The third kappa shape index (κ3) is 6.87. The van der Waals surface area contributed by atoms with Crippen molar-refractivity contribution in [3.8, 4) is 0 Å². The molecule has 32 heavy (non-hydrogen) atoms. The van der Waals surface area contributed by atoms with E-state index in [9.17, 15) is 14.4 Å². The van der Waals surface area contributed by atoms with Crippen molar-refractivity contribution in [1.29, 1.82) is 0 Å². The molecule has 3 rings (SSSR count). The highest BCUT2D eigenvalue weighted by atomic mass is 35.5. The molecule has 3 aromatic rings. The van der Waals surface area contributed by atoms with Gasteiger partial charge in [-0.05, 0) is 67.6 Å². The molecular formula is C24H21ClN2O4S. The summed E-state index contributed by atoms with van der Waals surface area (Å²) < 4.78 is 4.94. The smallest absolute Gasteiger partial charge is 0.338 e. The lowest BCUT2D eigenvalue weighted by molar-refractivity contribution is -0.113. The van der Waals surface area contributed by atoms with E-state index >= 15 is 0 Å². The SMILES string of the molecule is CCOC(=O)c1ccc(NC(=O)CSc2cccc(NC(=O)c3cccc(Cl)c3)c2)cc1. The van der Waals surface area contributed by atoms with E-state index in [1.807, 2.05) is 12.1 Å². The van der Waals surface area contributed by atoms with Gasteiger partial charge in [-0.3, -0.25) is 9.59 Å². The first-order valence-corrected chi connectivity index (χ1v) is 11.2. The van der Waals surface area contributed by atoms with Crippen molar-refractivity contribution in [3.05, 3.63) is 88.9 Å². The number of thioether (sulfide) groups is 1. The Morgan fingerprint density at radius 2 is 1.62 bits per heavy atom. The van der Waals surface area contributed by atoms with Gasteiger partial charge in [0.2, 0.25) is 5.91 Å². The third-order valence-electron chi connectivity index (χ3n) is 4.23. The van der Waals surface area contributed by atoms with E-state index in [1.165, 1.54) is 11.8 Å². The average Bonchev–Trinajstić information content (AvgIpc) is 2.78. The molecule has 0 spiro atoms. The monoisotopic (exact) mass is 468 g/mol. The number of hydrogen-bond donors (Lipinski definition) is 2. The van der Waals surface area contributed by atoms with Crippen LogP contribution in [0.25, 0.3) is 0 Å². The van der Waals surface area contributed by atoms with Crippen LogP contribution in [0.3, 0.4) is 0 Å². The lowest BCUT2D eigenvalue weighted by atomic mass is 10.2. The summed E-state index contributed by atoms with van der Waals surface area (Å²) in [4.78, 5) is 37.2. The first-order chi connectivity index (χ1) is 15.4. The topological polar surface area (TPSA) is 84.5 Å². The molecule has 0 bridgehead atoms. The van der Waals surface area contributed by atoms with Crippen LogP contribution in [-0.2, 0) is 9.53 Å². The van der Waals surface area contributed by atoms with Gasteiger partial charge in [-0.15, -0.1) is 11.8 Å². The zero-order chi connectivity index (χ0) is 22.9. The standard InChI is InChI=1S/C24H21ClN2O4S/c1-2-31-24(30)16-9-11-19(12-10-16)26-22(28)15-32-21-8-4-7-20(14-21)27-23(29)17-5-3-6-18(25)13-17/h3-14H,2,15H2,1H3,(H,26,28)(H,27,29). The second-order valence-corrected chi connectivity index (χ2v) is 8.11. The van der Waals surface area contributed by atoms with E-state index in [4.69, 9.17) is 16.3 Å². The van der Waals surface area contributed by atoms with Gasteiger partial charge in [0.05, 0.1) is 17.9 Å². The first kappa shape index (κ1) is 23.4. The van der Waals surface area contributed by atoms with Crippen molar-refractivity contribution in [2.45, 2.75) is 11.8 Å². The Morgan fingerprint density at radius 3 is 2.34 bits per heavy atom. The van der Waals surface area contributed by atoms with Crippen LogP contribution in [0, 0.1) is 0 Å². The van der Waals surface area contributed by atoms with Crippen LogP contribution in [0.2, 0.25) is 5.02 Å². The molecule has 0 aliphatic rings. The van der Waals surface area contributed by atoms with Gasteiger partial charge in [0.25, 0.3) is 5.91 Å². The predicted octanol–water partition coefficient (Wildman–Crippen LogP) is 5.50. The lowest BCUT2D eigenvalue weighted by Crippen LogP contribution is -2.14. The highest BCUT2D eigenvalue weighted by Gasteiger charge is 2.09. The van der Waals surface area contributed by atoms with E-state index in [0.29, 0.717) is 34.1 Å². The van der Waals surface area contributed by atoms with Crippen LogP contribution < -0.4 is 10.6 Å². The molecule has 6 nitrogen and oxygen atoms in total. The number of carbonyl (C=O) groups excluding carboxylic acids is 3. The van der Waals surface area contributed by atoms with Gasteiger partial charge in [0, 0.05) is 26.9 Å². The molecule has 0 radical (unpaired) electrons. The van der Waals surface area contributed by atoms with Gasteiger partial charge < -0.3 is 15.4 Å². The molecule has 0 unspecified atom stereocenters. The predicted molar refractivity (Wildman–Crippen MR) is 128 cm³/mol. The summed E-state index contributed by atoms with van der Waals surface area (Å²) in [5.41, 5.74) is 2.10. The maximum absolute atomic E-state index is 12.4. The number of rotatable bonds is 8. The molecule has 0 saturated heterocycles. The van der Waals surface area contributed by atoms with Gasteiger partial charge in [0.15, 0.2) is 0 Å². The third-order valence-corrected chi connectivity index (χ3v) is 5.46. The molecule has 3 aromatic carbocycles. The van der Waals surface area contributed by atoms with Crippen LogP contribution in [0.4, 0.5) is 11.4 Å². The molecule has 2 N–H and O–H groups in total. The van der Waals surface area contributed by atoms with Crippen LogP contribution in [0.15, 0.2) is 77.7 Å². The van der Waals surface area contributed by atoms with E-state index in [-0.39, 0.29) is 17.6 Å². The summed E-state index contributed by atoms with van der Waals surface area (Å²) in [6.45, 7) is 2.05. The minimum absolute atomic E-state index is 0.186. The molecule has 0 aromatic heterocycles. The van der Waals surface area contributed by atoms with Gasteiger partial charge in [0.1, 0.15) is 0 Å². The minimum Gasteiger partial charge on any atom is -0.462 e. The summed E-state index contributed by atoms with van der Waals surface area (Å²) in [6.07, 6.45) is 0. The number of anilines is 2. The van der Waals surface area contributed by atoms with E-state index in [2.05, 4.69) is 10.6 Å². The maximum atomic E-state index is 12.4. The highest BCUT2D eigenvalue weighted by Crippen LogP contribution is 2.23. The normalized spacial score (nSPS) is 10.3. The van der Waals surface area contributed by atoms with Gasteiger partial charge >= 0.3 is 5.97 Å². The van der Waals surface area contributed by atoms with Crippen LogP contribution in [0.5, 0.6) is 0 Å². The summed E-state index contributed by atoms with van der Waals surface area (Å²) in [6, 6.07) is 20.5. The Hall–Kier alpha value is -3.29. The van der Waals surface area contributed by atoms with Crippen molar-refractivity contribution in [2.75, 3.05) is 23.0 Å². The largest absolute Gasteiger partial charge is 0.462 e. The Kier molecular flexibility index (Phi) is 8.30. The number of benzene rings is 3. The minimum atomic E-state index is -0.400. The Labute approximate surface area is 195 Å². The molecule has 2 amide bonds. The van der Waals surface area contributed by atoms with Crippen LogP contribution >= 0.6 is 23.4 Å². The summed E-state index contributed by atoms with van der Waals surface area (Å²) >= 11 is 7.28. The quantitative estimate of drug-likeness (QED) is 0.337. The van der Waals surface area contributed by atoms with Gasteiger partial charge in [-0.1, -0.05) is 23.7 Å². The molecule has 0 aliphatic heterocycles. The number of nitrogens with one attached hydrogen (secondary N) is 2. The van der Waals surface area contributed by atoms with Gasteiger partial charge in [-0.2, -0.15) is 0 Å². The molecular weight excluding hydrogens is 448 g/mol. The van der Waals surface area contributed by atoms with Gasteiger partial charge in [-0.25, -0.2) is 4.79 Å². The fourth-order valence-electron chi connectivity index (χ4n) is 2.75. The van der Waals surface area contributed by atoms with Crippen molar-refractivity contribution in [3.63, 3.8) is 0 Å². The van der Waals surface area contributed by atoms with Crippen LogP contribution in [0.1, 0.15) is 27.6 Å². The molecule has 8 heteroatoms. The van der Waals surface area contributed by atoms with Crippen molar-refractivity contribution in [1.82, 2.24) is 0 Å². The number of halogens is 1. The summed E-state index contributed by atoms with van der Waals surface area (Å²) in [5, 5.41) is 6.11. The van der Waals surface area contributed by atoms with Crippen molar-refractivity contribution < 1.29 is 19.1 Å². The first-order valence-electron chi connectivity index (χ1n) is 9.81. The second-order valence-electron chi connectivity index (χ2n) is 6.63. The fraction of sp³-hybridized carbons (Fsp3) is 0.125. The van der Waals surface area contributed by atoms with E-state index in [0.717, 1.165) is 4.90 Å². The zero-order valence-electron chi connectivity index (χ0n) is 17.3. The van der Waals surface area contributed by atoms with E-state index < -0.39 is 5.97 Å². The second kappa shape index (κ2) is 11.4. The number of esters is 1. The number of ether oxygens (including phenoxy) is 1. The molecule has 0 aliphatic carbocycles. The number of amides is 2. The zero-order valence-corrected chi connectivity index (χ0v) is 18.8. The molecule has 164 valence electrons. The summed E-state index contributed by atoms with van der Waals surface area (Å²) in [7, 11) is 0. The molecule has 0 saturated carbocycles. The Bertz CT molecular complexity index is 1120. The lowest BCUT2D eigenvalue weighted by Gasteiger charge is -2.09. The number of carbonyl (C=O) groups is 3. The van der Waals surface area contributed by atoms with Crippen LogP contribution in [-0.4, -0.2) is 30.1 Å². The summed E-state index contributed by atoms with van der Waals surface area (Å²) in [5.74, 6) is -0.667. The fourth-order valence-corrected chi connectivity index (χ4v) is 3.69. The number of hydrogen-bond acceptors (Lipinski definition) is 5. The van der Waals surface area contributed by atoms with Crippen molar-refractivity contribution in [2.24, 2.45) is 0 Å². The molecule has 0 heterocycles. The maximum Gasteiger partial charge on any atom is 0.338 e. The average molecular weight is 469 g/mol. The Balaban J connectivity index is 1.53. The Morgan fingerprint density at radius 1 is 0.875 bits per heavy atom.